The number of methoxy groups -OCH3 is 2. The van der Waals surface area contributed by atoms with Gasteiger partial charge in [-0.2, -0.15) is 0 Å². The van der Waals surface area contributed by atoms with Gasteiger partial charge in [-0.3, -0.25) is 4.79 Å². The molecule has 0 aliphatic carbocycles. The zero-order valence-corrected chi connectivity index (χ0v) is 38.9. The fraction of sp³-hybridized carbons (Fsp3) is 0.170. The summed E-state index contributed by atoms with van der Waals surface area (Å²) in [5.74, 6) is 1.40. The van der Waals surface area contributed by atoms with Crippen molar-refractivity contribution in [3.05, 3.63) is 220 Å². The maximum Gasteiger partial charge on any atom is 0.276 e. The van der Waals surface area contributed by atoms with Crippen LogP contribution in [0.4, 0.5) is 0 Å². The van der Waals surface area contributed by atoms with Crippen LogP contribution < -0.4 is 18.9 Å². The highest BCUT2D eigenvalue weighted by Gasteiger charge is 2.42. The maximum absolute atomic E-state index is 15.0. The number of amides is 1. The smallest absolute Gasteiger partial charge is 0.276 e. The maximum atomic E-state index is 15.0. The molecule has 0 spiro atoms. The van der Waals surface area contributed by atoms with E-state index in [9.17, 15) is 8.42 Å². The summed E-state index contributed by atoms with van der Waals surface area (Å²) in [5.41, 5.74) is 3.69. The van der Waals surface area contributed by atoms with Crippen LogP contribution in [0.1, 0.15) is 38.9 Å². The van der Waals surface area contributed by atoms with Gasteiger partial charge in [0, 0.05) is 35.3 Å². The van der Waals surface area contributed by atoms with Crippen molar-refractivity contribution < 1.29 is 37.0 Å². The number of nitrogens with zero attached hydrogens (tertiary/aromatic N) is 2. The van der Waals surface area contributed by atoms with Gasteiger partial charge < -0.3 is 28.7 Å². The summed E-state index contributed by atoms with van der Waals surface area (Å²) >= 11 is 7.42. The minimum absolute atomic E-state index is 0.0598. The topological polar surface area (TPSA) is 113 Å². The Labute approximate surface area is 394 Å². The number of hydrogen-bond acceptors (Lipinski definition) is 10. The second-order valence-corrected chi connectivity index (χ2v) is 20.0. The third kappa shape index (κ3) is 10.2. The van der Waals surface area contributed by atoms with Gasteiger partial charge in [0.05, 0.1) is 29.4 Å². The molecule has 0 saturated carbocycles. The van der Waals surface area contributed by atoms with E-state index >= 15 is 4.79 Å². The SMILES string of the molecule is COc1ccc(COc2ccc(/C(=N/OC(c3ccccc3)(c3ccccc3)c3ccccc3)C(=O)N3CC(SS(=O)(=O)c4ccc(C)cc4)C3)c(Cl)c2OCc2ccc(OC)cc2)cc1. The van der Waals surface area contributed by atoms with Crippen LogP contribution in [0, 0.1) is 6.92 Å². The summed E-state index contributed by atoms with van der Waals surface area (Å²) in [5, 5.41) is 4.49. The number of rotatable bonds is 18. The summed E-state index contributed by atoms with van der Waals surface area (Å²) in [4.78, 5) is 23.7. The number of oxime groups is 1. The van der Waals surface area contributed by atoms with Crippen molar-refractivity contribution in [2.24, 2.45) is 5.16 Å². The molecule has 0 atom stereocenters. The van der Waals surface area contributed by atoms with Crippen LogP contribution in [0.3, 0.4) is 0 Å². The molecule has 8 rings (SSSR count). The third-order valence-corrected chi connectivity index (χ3v) is 15.3. The lowest BCUT2D eigenvalue weighted by atomic mass is 9.80. The van der Waals surface area contributed by atoms with Gasteiger partial charge in [0.1, 0.15) is 24.7 Å². The monoisotopic (exact) mass is 938 g/mol. The molecule has 7 aromatic rings. The fourth-order valence-corrected chi connectivity index (χ4v) is 11.3. The second-order valence-electron chi connectivity index (χ2n) is 15.5. The molecule has 1 saturated heterocycles. The Balaban J connectivity index is 1.21. The summed E-state index contributed by atoms with van der Waals surface area (Å²) in [6, 6.07) is 54.0. The average Bonchev–Trinajstić information content (AvgIpc) is 3.34. The van der Waals surface area contributed by atoms with Gasteiger partial charge in [-0.05, 0) is 77.4 Å². The summed E-state index contributed by atoms with van der Waals surface area (Å²) < 4.78 is 50.4. The number of ether oxygens (including phenoxy) is 4. The standard InChI is InChI=1S/C53H47ClN2O8S2/c1-37-19-29-46(30-20-37)66(58,59)65-45-33-56(34-45)52(57)50(55-64-53(40-13-7-4-8-14-40,41-15-9-5-10-16-41)42-17-11-6-12-18-42)47-31-32-48(62-35-38-21-25-43(60-2)26-22-38)51(49(47)54)63-36-39-23-27-44(61-3)28-24-39/h4-32,45H,33-36H2,1-3H3/b55-50-. The average molecular weight is 940 g/mol. The normalized spacial score (nSPS) is 13.1. The van der Waals surface area contributed by atoms with Crippen LogP contribution in [0.5, 0.6) is 23.0 Å². The number of carbonyl (C=O) groups is 1. The van der Waals surface area contributed by atoms with Crippen LogP contribution in [0.25, 0.3) is 0 Å². The summed E-state index contributed by atoms with van der Waals surface area (Å²) in [7, 11) is 0.343. The van der Waals surface area contributed by atoms with E-state index in [0.29, 0.717) is 17.2 Å². The largest absolute Gasteiger partial charge is 0.497 e. The van der Waals surface area contributed by atoms with E-state index in [2.05, 4.69) is 0 Å². The van der Waals surface area contributed by atoms with Crippen LogP contribution >= 0.6 is 22.4 Å². The third-order valence-electron chi connectivity index (χ3n) is 11.1. The van der Waals surface area contributed by atoms with Gasteiger partial charge in [-0.15, -0.1) is 0 Å². The molecule has 1 fully saturated rings. The van der Waals surface area contributed by atoms with E-state index < -0.39 is 25.6 Å². The molecule has 336 valence electrons. The van der Waals surface area contributed by atoms with Gasteiger partial charge >= 0.3 is 0 Å². The molecule has 1 aliphatic heterocycles. The Morgan fingerprint density at radius 2 is 1.15 bits per heavy atom. The highest BCUT2D eigenvalue weighted by atomic mass is 35.5. The van der Waals surface area contributed by atoms with E-state index in [4.69, 9.17) is 40.5 Å². The number of likely N-dealkylation sites (tertiary alicyclic amines) is 1. The zero-order valence-electron chi connectivity index (χ0n) is 36.5. The highest BCUT2D eigenvalue weighted by molar-refractivity contribution is 8.72. The van der Waals surface area contributed by atoms with Gasteiger partial charge in [0.2, 0.25) is 14.5 Å². The number of aryl methyl sites for hydroxylation is 1. The molecular formula is C53H47ClN2O8S2. The van der Waals surface area contributed by atoms with Crippen LogP contribution in [0.15, 0.2) is 186 Å². The minimum Gasteiger partial charge on any atom is -0.497 e. The van der Waals surface area contributed by atoms with Gasteiger partial charge in [-0.1, -0.05) is 150 Å². The molecule has 1 amide bonds. The first-order valence-corrected chi connectivity index (χ1v) is 24.4. The number of hydrogen-bond donors (Lipinski definition) is 0. The molecule has 0 unspecified atom stereocenters. The van der Waals surface area contributed by atoms with Gasteiger partial charge in [0.15, 0.2) is 17.2 Å². The number of benzene rings is 7. The number of halogens is 1. The predicted molar refractivity (Wildman–Crippen MR) is 259 cm³/mol. The van der Waals surface area contributed by atoms with E-state index in [-0.39, 0.29) is 53.2 Å². The molecule has 0 aromatic heterocycles. The molecule has 7 aromatic carbocycles. The van der Waals surface area contributed by atoms with Crippen LogP contribution in [-0.2, 0) is 37.3 Å². The molecule has 0 bridgehead atoms. The quantitative estimate of drug-likeness (QED) is 0.0359. The van der Waals surface area contributed by atoms with E-state index in [1.54, 1.807) is 55.5 Å². The molecular weight excluding hydrogens is 892 g/mol. The van der Waals surface area contributed by atoms with Crippen molar-refractivity contribution in [3.63, 3.8) is 0 Å². The van der Waals surface area contributed by atoms with Crippen molar-refractivity contribution in [1.29, 1.82) is 0 Å². The first kappa shape index (κ1) is 45.8. The van der Waals surface area contributed by atoms with Crippen molar-refractivity contribution in [3.8, 4) is 23.0 Å². The fourth-order valence-electron chi connectivity index (χ4n) is 7.48. The Hall–Kier alpha value is -6.73. The molecule has 0 radical (unpaired) electrons. The number of carbonyl (C=O) groups excluding carboxylic acids is 1. The van der Waals surface area contributed by atoms with Crippen molar-refractivity contribution >= 4 is 42.9 Å². The van der Waals surface area contributed by atoms with Gasteiger partial charge in [0.25, 0.3) is 5.91 Å². The van der Waals surface area contributed by atoms with Crippen LogP contribution in [0.2, 0.25) is 5.02 Å². The lowest BCUT2D eigenvalue weighted by molar-refractivity contribution is -0.127. The first-order valence-electron chi connectivity index (χ1n) is 21.1. The molecule has 1 aliphatic rings. The minimum atomic E-state index is -3.70. The van der Waals surface area contributed by atoms with E-state index in [1.165, 1.54) is 0 Å². The summed E-state index contributed by atoms with van der Waals surface area (Å²) in [6.45, 7) is 2.44. The molecule has 10 nitrogen and oxygen atoms in total. The molecule has 13 heteroatoms. The molecule has 1 heterocycles. The lowest BCUT2D eigenvalue weighted by Crippen LogP contribution is -2.54. The highest BCUT2D eigenvalue weighted by Crippen LogP contribution is 2.43. The zero-order chi connectivity index (χ0) is 46.1. The van der Waals surface area contributed by atoms with E-state index in [0.717, 1.165) is 44.2 Å². The molecule has 0 N–H and O–H groups in total. The summed E-state index contributed by atoms with van der Waals surface area (Å²) in [6.07, 6.45) is 0. The predicted octanol–water partition coefficient (Wildman–Crippen LogP) is 10.9. The Kier molecular flexibility index (Phi) is 14.3. The Morgan fingerprint density at radius 3 is 1.64 bits per heavy atom. The van der Waals surface area contributed by atoms with Crippen molar-refractivity contribution in [1.82, 2.24) is 4.90 Å². The van der Waals surface area contributed by atoms with Crippen molar-refractivity contribution in [2.75, 3.05) is 27.3 Å². The van der Waals surface area contributed by atoms with Gasteiger partial charge in [-0.25, -0.2) is 8.42 Å². The Morgan fingerprint density at radius 1 is 0.667 bits per heavy atom. The van der Waals surface area contributed by atoms with E-state index in [1.807, 2.05) is 146 Å². The first-order chi connectivity index (χ1) is 32.1. The Bertz CT molecular complexity index is 2780. The van der Waals surface area contributed by atoms with Crippen LogP contribution in [-0.4, -0.2) is 57.5 Å². The molecule has 66 heavy (non-hydrogen) atoms. The second kappa shape index (κ2) is 20.6. The van der Waals surface area contributed by atoms with Crippen molar-refractivity contribution in [2.45, 2.75) is 35.9 Å². The lowest BCUT2D eigenvalue weighted by Gasteiger charge is -2.38.